The molecule has 0 saturated carbocycles. The number of halogens is 3. The van der Waals surface area contributed by atoms with Gasteiger partial charge in [0, 0.05) is 11.8 Å². The highest BCUT2D eigenvalue weighted by Gasteiger charge is 2.35. The average molecular weight is 192 g/mol. The van der Waals surface area contributed by atoms with Crippen LogP contribution >= 0.6 is 0 Å². The van der Waals surface area contributed by atoms with Gasteiger partial charge in [0.25, 0.3) is 0 Å². The SMILES string of the molecule is Nc1c(CO)ccnc1C(F)(F)F. The molecular weight excluding hydrogens is 185 g/mol. The van der Waals surface area contributed by atoms with Gasteiger partial charge in [-0.1, -0.05) is 0 Å². The lowest BCUT2D eigenvalue weighted by Gasteiger charge is -2.10. The van der Waals surface area contributed by atoms with Crippen molar-refractivity contribution in [1.29, 1.82) is 0 Å². The molecule has 0 aliphatic heterocycles. The van der Waals surface area contributed by atoms with E-state index in [1.807, 2.05) is 0 Å². The Kier molecular flexibility index (Phi) is 2.42. The summed E-state index contributed by atoms with van der Waals surface area (Å²) in [6, 6.07) is 1.24. The molecule has 0 atom stereocenters. The highest BCUT2D eigenvalue weighted by Crippen LogP contribution is 2.32. The number of pyridine rings is 1. The number of hydrogen-bond acceptors (Lipinski definition) is 3. The largest absolute Gasteiger partial charge is 0.435 e. The van der Waals surface area contributed by atoms with E-state index in [4.69, 9.17) is 10.8 Å². The van der Waals surface area contributed by atoms with Crippen LogP contribution in [0.2, 0.25) is 0 Å². The zero-order valence-corrected chi connectivity index (χ0v) is 6.47. The van der Waals surface area contributed by atoms with E-state index >= 15 is 0 Å². The van der Waals surface area contributed by atoms with Crippen molar-refractivity contribution in [3.63, 3.8) is 0 Å². The summed E-state index contributed by atoms with van der Waals surface area (Å²) in [6.07, 6.45) is -3.61. The van der Waals surface area contributed by atoms with Crippen LogP contribution in [0.25, 0.3) is 0 Å². The maximum atomic E-state index is 12.1. The molecular formula is C7H7F3N2O. The lowest BCUT2D eigenvalue weighted by atomic mass is 10.2. The molecule has 0 radical (unpaired) electrons. The van der Waals surface area contributed by atoms with Crippen LogP contribution in [0.1, 0.15) is 11.3 Å². The number of aliphatic hydroxyl groups is 1. The minimum Gasteiger partial charge on any atom is -0.397 e. The second kappa shape index (κ2) is 3.21. The standard InChI is InChI=1S/C7H7F3N2O/c8-7(9,10)6-5(11)4(3-13)1-2-12-6/h1-2,13H,3,11H2. The highest BCUT2D eigenvalue weighted by molar-refractivity contribution is 5.51. The van der Waals surface area contributed by atoms with Crippen LogP contribution in [0.5, 0.6) is 0 Å². The van der Waals surface area contributed by atoms with E-state index in [0.29, 0.717) is 0 Å². The van der Waals surface area contributed by atoms with Crippen molar-refractivity contribution in [3.8, 4) is 0 Å². The van der Waals surface area contributed by atoms with Crippen molar-refractivity contribution in [1.82, 2.24) is 4.98 Å². The molecule has 0 aliphatic carbocycles. The van der Waals surface area contributed by atoms with E-state index in [1.165, 1.54) is 6.07 Å². The monoisotopic (exact) mass is 192 g/mol. The van der Waals surface area contributed by atoms with Crippen molar-refractivity contribution >= 4 is 5.69 Å². The summed E-state index contributed by atoms with van der Waals surface area (Å²) >= 11 is 0. The van der Waals surface area contributed by atoms with Crippen LogP contribution in [0.15, 0.2) is 12.3 Å². The Balaban J connectivity index is 3.24. The molecule has 0 aromatic carbocycles. The van der Waals surface area contributed by atoms with Crippen LogP contribution < -0.4 is 5.73 Å². The Morgan fingerprint density at radius 1 is 1.46 bits per heavy atom. The smallest absolute Gasteiger partial charge is 0.397 e. The van der Waals surface area contributed by atoms with Crippen molar-refractivity contribution in [2.75, 3.05) is 5.73 Å². The first kappa shape index (κ1) is 9.79. The summed E-state index contributed by atoms with van der Waals surface area (Å²) in [7, 11) is 0. The average Bonchev–Trinajstić information content (AvgIpc) is 2.02. The van der Waals surface area contributed by atoms with Gasteiger partial charge in [-0.05, 0) is 6.07 Å². The first-order valence-electron chi connectivity index (χ1n) is 3.38. The zero-order chi connectivity index (χ0) is 10.1. The molecule has 72 valence electrons. The first-order chi connectivity index (χ1) is 5.96. The van der Waals surface area contributed by atoms with Gasteiger partial charge < -0.3 is 10.8 Å². The van der Waals surface area contributed by atoms with Gasteiger partial charge in [-0.15, -0.1) is 0 Å². The van der Waals surface area contributed by atoms with E-state index in [0.717, 1.165) is 6.20 Å². The van der Waals surface area contributed by atoms with E-state index in [-0.39, 0.29) is 5.56 Å². The Morgan fingerprint density at radius 2 is 2.08 bits per heavy atom. The number of nitrogen functional groups attached to an aromatic ring is 1. The van der Waals surface area contributed by atoms with Gasteiger partial charge in [0.05, 0.1) is 12.3 Å². The van der Waals surface area contributed by atoms with Gasteiger partial charge in [-0.25, -0.2) is 4.98 Å². The van der Waals surface area contributed by atoms with E-state index in [9.17, 15) is 13.2 Å². The van der Waals surface area contributed by atoms with Crippen molar-refractivity contribution in [3.05, 3.63) is 23.5 Å². The highest BCUT2D eigenvalue weighted by atomic mass is 19.4. The van der Waals surface area contributed by atoms with E-state index in [2.05, 4.69) is 4.98 Å². The molecule has 1 aromatic heterocycles. The molecule has 0 spiro atoms. The molecule has 3 N–H and O–H groups in total. The molecule has 0 fully saturated rings. The second-order valence-corrected chi connectivity index (χ2v) is 2.39. The fourth-order valence-corrected chi connectivity index (χ4v) is 0.877. The van der Waals surface area contributed by atoms with Crippen LogP contribution in [0.3, 0.4) is 0 Å². The molecule has 1 heterocycles. The number of hydrogen-bond donors (Lipinski definition) is 2. The molecule has 1 rings (SSSR count). The Labute approximate surface area is 72.0 Å². The summed E-state index contributed by atoms with van der Waals surface area (Å²) in [5.74, 6) is 0. The van der Waals surface area contributed by atoms with Crippen molar-refractivity contribution < 1.29 is 18.3 Å². The normalized spacial score (nSPS) is 11.7. The predicted octanol–water partition coefficient (Wildman–Crippen LogP) is 1.17. The quantitative estimate of drug-likeness (QED) is 0.702. The van der Waals surface area contributed by atoms with E-state index in [1.54, 1.807) is 0 Å². The van der Waals surface area contributed by atoms with Crippen molar-refractivity contribution in [2.24, 2.45) is 0 Å². The van der Waals surface area contributed by atoms with Crippen LogP contribution in [0, 0.1) is 0 Å². The summed E-state index contributed by atoms with van der Waals surface area (Å²) in [4.78, 5) is 3.10. The lowest BCUT2D eigenvalue weighted by Crippen LogP contribution is -2.13. The van der Waals surface area contributed by atoms with Gasteiger partial charge in [0.1, 0.15) is 0 Å². The Hall–Kier alpha value is -1.30. The topological polar surface area (TPSA) is 59.1 Å². The van der Waals surface area contributed by atoms with E-state index < -0.39 is 24.2 Å². The number of anilines is 1. The van der Waals surface area contributed by atoms with Crippen LogP contribution in [-0.4, -0.2) is 10.1 Å². The molecule has 6 heteroatoms. The molecule has 0 amide bonds. The molecule has 0 unspecified atom stereocenters. The number of aromatic nitrogens is 1. The Bertz CT molecular complexity index is 311. The number of nitrogens with two attached hydrogens (primary N) is 1. The summed E-state index contributed by atoms with van der Waals surface area (Å²) < 4.78 is 36.4. The zero-order valence-electron chi connectivity index (χ0n) is 6.47. The predicted molar refractivity (Wildman–Crippen MR) is 39.6 cm³/mol. The summed E-state index contributed by atoms with van der Waals surface area (Å²) in [5.41, 5.74) is 3.50. The van der Waals surface area contributed by atoms with Crippen LogP contribution in [0.4, 0.5) is 18.9 Å². The Morgan fingerprint density at radius 3 is 2.54 bits per heavy atom. The third kappa shape index (κ3) is 1.89. The second-order valence-electron chi connectivity index (χ2n) is 2.39. The lowest BCUT2D eigenvalue weighted by molar-refractivity contribution is -0.140. The molecule has 13 heavy (non-hydrogen) atoms. The van der Waals surface area contributed by atoms with Crippen molar-refractivity contribution in [2.45, 2.75) is 12.8 Å². The van der Waals surface area contributed by atoms with Gasteiger partial charge in [-0.2, -0.15) is 13.2 Å². The number of alkyl halides is 3. The molecule has 0 saturated heterocycles. The van der Waals surface area contributed by atoms with Gasteiger partial charge in [-0.3, -0.25) is 0 Å². The number of rotatable bonds is 1. The molecule has 0 aliphatic rings. The number of aliphatic hydroxyl groups excluding tert-OH is 1. The van der Waals surface area contributed by atoms with Crippen LogP contribution in [-0.2, 0) is 12.8 Å². The maximum Gasteiger partial charge on any atom is 0.435 e. The molecule has 3 nitrogen and oxygen atoms in total. The minimum atomic E-state index is -4.57. The summed E-state index contributed by atoms with van der Waals surface area (Å²) in [5, 5.41) is 8.63. The third-order valence-electron chi connectivity index (χ3n) is 1.52. The fraction of sp³-hybridized carbons (Fsp3) is 0.286. The molecule has 0 bridgehead atoms. The summed E-state index contributed by atoms with van der Waals surface area (Å²) in [6.45, 7) is -0.530. The fourth-order valence-electron chi connectivity index (χ4n) is 0.877. The maximum absolute atomic E-state index is 12.1. The molecule has 1 aromatic rings. The number of nitrogens with zero attached hydrogens (tertiary/aromatic N) is 1. The van der Waals surface area contributed by atoms with Gasteiger partial charge >= 0.3 is 6.18 Å². The first-order valence-corrected chi connectivity index (χ1v) is 3.38. The minimum absolute atomic E-state index is 0.0299. The third-order valence-corrected chi connectivity index (χ3v) is 1.52. The van der Waals surface area contributed by atoms with Gasteiger partial charge in [0.2, 0.25) is 0 Å². The van der Waals surface area contributed by atoms with Gasteiger partial charge in [0.15, 0.2) is 5.69 Å².